The summed E-state index contributed by atoms with van der Waals surface area (Å²) in [6.07, 6.45) is 5.78. The first-order valence-corrected chi connectivity index (χ1v) is 8.82. The van der Waals surface area contributed by atoms with Gasteiger partial charge >= 0.3 is 0 Å². The molecule has 2 aliphatic carbocycles. The summed E-state index contributed by atoms with van der Waals surface area (Å²) in [4.78, 5) is 0.352. The van der Waals surface area contributed by atoms with Gasteiger partial charge in [0.05, 0.1) is 4.90 Å². The summed E-state index contributed by atoms with van der Waals surface area (Å²) in [6, 6.07) is 7.20. The van der Waals surface area contributed by atoms with Crippen LogP contribution in [0.2, 0.25) is 0 Å². The van der Waals surface area contributed by atoms with Gasteiger partial charge in [0.2, 0.25) is 10.0 Å². The molecule has 4 nitrogen and oxygen atoms in total. The maximum Gasteiger partial charge on any atom is 0.240 e. The standard InChI is InChI=1S/C15H22N2O2S/c1-15(9-2-10-15)11-16-12-5-7-14(8-6-12)20(18,19)17-13-3-4-13/h5-8,13,16-17H,2-4,9-11H2,1H3. The SMILES string of the molecule is CC1(CNc2ccc(S(=O)(=O)NC3CC3)cc2)CCC1. The lowest BCUT2D eigenvalue weighted by Crippen LogP contribution is -2.33. The Labute approximate surface area is 121 Å². The predicted octanol–water partition coefficient (Wildman–Crippen LogP) is 2.73. The predicted molar refractivity (Wildman–Crippen MR) is 80.2 cm³/mol. The van der Waals surface area contributed by atoms with Gasteiger partial charge in [-0.05, 0) is 55.4 Å². The minimum absolute atomic E-state index is 0.149. The van der Waals surface area contributed by atoms with Gasteiger partial charge in [-0.1, -0.05) is 13.3 Å². The van der Waals surface area contributed by atoms with Crippen LogP contribution in [0, 0.1) is 5.41 Å². The number of rotatable bonds is 6. The summed E-state index contributed by atoms with van der Waals surface area (Å²) in [5, 5.41) is 3.40. The van der Waals surface area contributed by atoms with Gasteiger partial charge in [-0.2, -0.15) is 0 Å². The van der Waals surface area contributed by atoms with Crippen molar-refractivity contribution in [3.63, 3.8) is 0 Å². The second-order valence-corrected chi connectivity index (χ2v) is 8.15. The van der Waals surface area contributed by atoms with Crippen molar-refractivity contribution in [3.8, 4) is 0 Å². The minimum Gasteiger partial charge on any atom is -0.384 e. The lowest BCUT2D eigenvalue weighted by atomic mass is 9.70. The van der Waals surface area contributed by atoms with Gasteiger partial charge in [-0.3, -0.25) is 0 Å². The molecule has 3 rings (SSSR count). The molecule has 0 saturated heterocycles. The molecular formula is C15H22N2O2S. The summed E-state index contributed by atoms with van der Waals surface area (Å²) in [6.45, 7) is 3.25. The lowest BCUT2D eigenvalue weighted by molar-refractivity contribution is 0.180. The van der Waals surface area contributed by atoms with Gasteiger partial charge in [0.15, 0.2) is 0 Å². The van der Waals surface area contributed by atoms with Crippen LogP contribution in [-0.4, -0.2) is 21.0 Å². The Morgan fingerprint density at radius 1 is 1.20 bits per heavy atom. The number of benzene rings is 1. The molecule has 0 aromatic heterocycles. The van der Waals surface area contributed by atoms with E-state index in [4.69, 9.17) is 0 Å². The number of nitrogens with one attached hydrogen (secondary N) is 2. The third-order valence-corrected chi connectivity index (χ3v) is 5.88. The molecule has 1 aromatic rings. The van der Waals surface area contributed by atoms with E-state index < -0.39 is 10.0 Å². The molecule has 0 spiro atoms. The summed E-state index contributed by atoms with van der Waals surface area (Å²) in [7, 11) is -3.33. The van der Waals surface area contributed by atoms with Crippen LogP contribution in [0.15, 0.2) is 29.2 Å². The normalized spacial score (nSPS) is 21.2. The topological polar surface area (TPSA) is 58.2 Å². The van der Waals surface area contributed by atoms with Gasteiger partial charge < -0.3 is 5.32 Å². The van der Waals surface area contributed by atoms with Crippen molar-refractivity contribution in [2.24, 2.45) is 5.41 Å². The van der Waals surface area contributed by atoms with Crippen molar-refractivity contribution in [2.75, 3.05) is 11.9 Å². The minimum atomic E-state index is -3.33. The van der Waals surface area contributed by atoms with Gasteiger partial charge in [-0.25, -0.2) is 13.1 Å². The summed E-state index contributed by atoms with van der Waals surface area (Å²) >= 11 is 0. The first-order valence-electron chi connectivity index (χ1n) is 7.33. The third-order valence-electron chi connectivity index (χ3n) is 4.34. The molecule has 2 aliphatic rings. The Morgan fingerprint density at radius 3 is 2.35 bits per heavy atom. The molecule has 0 amide bonds. The molecule has 0 unspecified atom stereocenters. The molecule has 5 heteroatoms. The van der Waals surface area contributed by atoms with E-state index in [1.165, 1.54) is 19.3 Å². The van der Waals surface area contributed by atoms with Crippen molar-refractivity contribution >= 4 is 15.7 Å². The second kappa shape index (κ2) is 5.04. The summed E-state index contributed by atoms with van der Waals surface area (Å²) < 4.78 is 26.8. The molecule has 2 fully saturated rings. The highest BCUT2D eigenvalue weighted by Gasteiger charge is 2.31. The highest BCUT2D eigenvalue weighted by atomic mass is 32.2. The van der Waals surface area contributed by atoms with Crippen molar-refractivity contribution in [3.05, 3.63) is 24.3 Å². The van der Waals surface area contributed by atoms with Gasteiger partial charge in [0.25, 0.3) is 0 Å². The third kappa shape index (κ3) is 3.15. The fourth-order valence-corrected chi connectivity index (χ4v) is 3.82. The van der Waals surface area contributed by atoms with Gasteiger partial charge in [0, 0.05) is 18.3 Å². The second-order valence-electron chi connectivity index (χ2n) is 6.44. The maximum absolute atomic E-state index is 12.0. The van der Waals surface area contributed by atoms with Gasteiger partial charge in [0.1, 0.15) is 0 Å². The number of sulfonamides is 1. The Bertz CT molecular complexity index is 572. The Morgan fingerprint density at radius 2 is 1.85 bits per heavy atom. The zero-order valence-electron chi connectivity index (χ0n) is 11.9. The Balaban J connectivity index is 1.61. The van der Waals surface area contributed by atoms with Crippen LogP contribution in [0.4, 0.5) is 5.69 Å². The van der Waals surface area contributed by atoms with Gasteiger partial charge in [-0.15, -0.1) is 0 Å². The molecule has 20 heavy (non-hydrogen) atoms. The molecule has 0 heterocycles. The van der Waals surface area contributed by atoms with Crippen LogP contribution in [-0.2, 0) is 10.0 Å². The van der Waals surface area contributed by atoms with Crippen molar-refractivity contribution in [1.29, 1.82) is 0 Å². The molecule has 0 aliphatic heterocycles. The molecule has 0 bridgehead atoms. The van der Waals surface area contributed by atoms with Crippen molar-refractivity contribution < 1.29 is 8.42 Å². The van der Waals surface area contributed by atoms with E-state index in [-0.39, 0.29) is 6.04 Å². The van der Waals surface area contributed by atoms with E-state index in [2.05, 4.69) is 17.0 Å². The average molecular weight is 294 g/mol. The molecular weight excluding hydrogens is 272 g/mol. The Hall–Kier alpha value is -1.07. The lowest BCUT2D eigenvalue weighted by Gasteiger charge is -2.38. The molecule has 2 N–H and O–H groups in total. The number of hydrogen-bond acceptors (Lipinski definition) is 3. The van der Waals surface area contributed by atoms with Crippen molar-refractivity contribution in [2.45, 2.75) is 50.0 Å². The van der Waals surface area contributed by atoms with Crippen LogP contribution < -0.4 is 10.0 Å². The summed E-state index contributed by atoms with van der Waals surface area (Å²) in [5.74, 6) is 0. The van der Waals surface area contributed by atoms with E-state index >= 15 is 0 Å². The fourth-order valence-electron chi connectivity index (χ4n) is 2.51. The van der Waals surface area contributed by atoms with Crippen molar-refractivity contribution in [1.82, 2.24) is 4.72 Å². The largest absolute Gasteiger partial charge is 0.384 e. The molecule has 110 valence electrons. The van der Waals surface area contributed by atoms with E-state index in [1.807, 2.05) is 12.1 Å². The highest BCUT2D eigenvalue weighted by molar-refractivity contribution is 7.89. The monoisotopic (exact) mass is 294 g/mol. The van der Waals surface area contributed by atoms with Crippen LogP contribution in [0.25, 0.3) is 0 Å². The molecule has 0 radical (unpaired) electrons. The summed E-state index contributed by atoms with van der Waals surface area (Å²) in [5.41, 5.74) is 1.40. The van der Waals surface area contributed by atoms with Crippen LogP contribution in [0.3, 0.4) is 0 Å². The van der Waals surface area contributed by atoms with E-state index in [0.29, 0.717) is 10.3 Å². The fraction of sp³-hybridized carbons (Fsp3) is 0.600. The number of anilines is 1. The highest BCUT2D eigenvalue weighted by Crippen LogP contribution is 2.40. The molecule has 1 aromatic carbocycles. The number of hydrogen-bond donors (Lipinski definition) is 2. The first kappa shape index (κ1) is 13.9. The van der Waals surface area contributed by atoms with Crippen LogP contribution in [0.1, 0.15) is 39.0 Å². The average Bonchev–Trinajstić information content (AvgIpc) is 3.18. The maximum atomic E-state index is 12.0. The smallest absolute Gasteiger partial charge is 0.240 e. The van der Waals surface area contributed by atoms with E-state index in [9.17, 15) is 8.42 Å². The zero-order valence-corrected chi connectivity index (χ0v) is 12.7. The quantitative estimate of drug-likeness (QED) is 0.848. The Kier molecular flexibility index (Phi) is 3.50. The zero-order chi connectivity index (χ0) is 14.2. The van der Waals surface area contributed by atoms with Crippen LogP contribution >= 0.6 is 0 Å². The molecule has 2 saturated carbocycles. The van der Waals surface area contributed by atoms with Crippen LogP contribution in [0.5, 0.6) is 0 Å². The van der Waals surface area contributed by atoms with E-state index in [0.717, 1.165) is 25.1 Å². The van der Waals surface area contributed by atoms with E-state index in [1.54, 1.807) is 12.1 Å². The first-order chi connectivity index (χ1) is 9.47. The molecule has 0 atom stereocenters.